The van der Waals surface area contributed by atoms with Gasteiger partial charge in [-0.15, -0.1) is 6.58 Å². The molecule has 3 nitrogen and oxygen atoms in total. The zero-order valence-corrected chi connectivity index (χ0v) is 14.3. The SMILES string of the molecule is C=CCN1C(=O)SC(=Cc2c3ccccc3cc3ccccc23)C1=O. The first-order valence-electron chi connectivity index (χ1n) is 7.96. The van der Waals surface area contributed by atoms with E-state index in [4.69, 9.17) is 0 Å². The fourth-order valence-corrected chi connectivity index (χ4v) is 3.95. The van der Waals surface area contributed by atoms with Crippen molar-refractivity contribution >= 4 is 50.5 Å². The minimum Gasteiger partial charge on any atom is -0.268 e. The molecule has 1 heterocycles. The predicted octanol–water partition coefficient (Wildman–Crippen LogP) is 5.22. The van der Waals surface area contributed by atoms with Crippen molar-refractivity contribution in [3.8, 4) is 0 Å². The largest absolute Gasteiger partial charge is 0.293 e. The molecule has 0 spiro atoms. The highest BCUT2D eigenvalue weighted by molar-refractivity contribution is 8.18. The van der Waals surface area contributed by atoms with E-state index in [1.165, 1.54) is 4.90 Å². The van der Waals surface area contributed by atoms with Crippen LogP contribution < -0.4 is 0 Å². The van der Waals surface area contributed by atoms with Crippen LogP contribution in [0.3, 0.4) is 0 Å². The molecule has 1 saturated heterocycles. The van der Waals surface area contributed by atoms with E-state index in [1.807, 2.05) is 42.5 Å². The van der Waals surface area contributed by atoms with Crippen molar-refractivity contribution in [2.75, 3.05) is 6.54 Å². The molecule has 4 heteroatoms. The monoisotopic (exact) mass is 345 g/mol. The lowest BCUT2D eigenvalue weighted by Crippen LogP contribution is -2.27. The topological polar surface area (TPSA) is 37.4 Å². The Balaban J connectivity index is 1.95. The number of imide groups is 1. The Hall–Kier alpha value is -2.85. The van der Waals surface area contributed by atoms with Gasteiger partial charge in [0.15, 0.2) is 0 Å². The second kappa shape index (κ2) is 6.22. The minimum absolute atomic E-state index is 0.234. The van der Waals surface area contributed by atoms with Crippen LogP contribution in [0.25, 0.3) is 27.6 Å². The molecule has 0 N–H and O–H groups in total. The molecule has 0 atom stereocenters. The molecule has 122 valence electrons. The van der Waals surface area contributed by atoms with Gasteiger partial charge in [-0.25, -0.2) is 0 Å². The van der Waals surface area contributed by atoms with Gasteiger partial charge in [0.25, 0.3) is 11.1 Å². The van der Waals surface area contributed by atoms with E-state index in [-0.39, 0.29) is 17.7 Å². The van der Waals surface area contributed by atoms with Gasteiger partial charge in [0.05, 0.1) is 4.91 Å². The molecule has 0 radical (unpaired) electrons. The molecule has 3 aromatic rings. The molecule has 25 heavy (non-hydrogen) atoms. The van der Waals surface area contributed by atoms with Crippen molar-refractivity contribution in [1.29, 1.82) is 0 Å². The summed E-state index contributed by atoms with van der Waals surface area (Å²) in [6, 6.07) is 18.3. The number of hydrogen-bond acceptors (Lipinski definition) is 3. The van der Waals surface area contributed by atoms with Crippen molar-refractivity contribution in [3.63, 3.8) is 0 Å². The first kappa shape index (κ1) is 15.7. The maximum Gasteiger partial charge on any atom is 0.293 e. The summed E-state index contributed by atoms with van der Waals surface area (Å²) in [4.78, 5) is 26.3. The van der Waals surface area contributed by atoms with E-state index in [2.05, 4.69) is 24.8 Å². The fourth-order valence-electron chi connectivity index (χ4n) is 3.12. The van der Waals surface area contributed by atoms with Crippen LogP contribution in [0.15, 0.2) is 72.2 Å². The van der Waals surface area contributed by atoms with Crippen LogP contribution in [-0.2, 0) is 4.79 Å². The fraction of sp³-hybridized carbons (Fsp3) is 0.0476. The van der Waals surface area contributed by atoms with Gasteiger partial charge in [-0.2, -0.15) is 0 Å². The molecular weight excluding hydrogens is 330 g/mol. The molecule has 1 fully saturated rings. The van der Waals surface area contributed by atoms with Gasteiger partial charge in [-0.05, 0) is 51.0 Å². The van der Waals surface area contributed by atoms with Crippen LogP contribution in [0.4, 0.5) is 4.79 Å². The molecule has 0 aliphatic carbocycles. The van der Waals surface area contributed by atoms with Crippen molar-refractivity contribution in [2.24, 2.45) is 0 Å². The third kappa shape index (κ3) is 2.65. The summed E-state index contributed by atoms with van der Waals surface area (Å²) >= 11 is 0.984. The van der Waals surface area contributed by atoms with E-state index < -0.39 is 0 Å². The molecule has 0 unspecified atom stereocenters. The maximum atomic E-state index is 12.6. The predicted molar refractivity (Wildman–Crippen MR) is 104 cm³/mol. The lowest BCUT2D eigenvalue weighted by molar-refractivity contribution is -0.122. The number of amides is 2. The van der Waals surface area contributed by atoms with E-state index in [9.17, 15) is 9.59 Å². The normalized spacial score (nSPS) is 16.3. The molecule has 0 bridgehead atoms. The molecular formula is C21H15NO2S. The Morgan fingerprint density at radius 3 is 2.16 bits per heavy atom. The number of rotatable bonds is 3. The molecule has 0 aromatic heterocycles. The minimum atomic E-state index is -0.257. The smallest absolute Gasteiger partial charge is 0.268 e. The van der Waals surface area contributed by atoms with Crippen LogP contribution in [0.2, 0.25) is 0 Å². The first-order valence-corrected chi connectivity index (χ1v) is 8.77. The van der Waals surface area contributed by atoms with Gasteiger partial charge in [0.1, 0.15) is 0 Å². The number of nitrogens with zero attached hydrogens (tertiary/aromatic N) is 1. The maximum absolute atomic E-state index is 12.6. The Kier molecular flexibility index (Phi) is 3.90. The lowest BCUT2D eigenvalue weighted by atomic mass is 9.96. The number of thioether (sulfide) groups is 1. The van der Waals surface area contributed by atoms with Crippen molar-refractivity contribution in [3.05, 3.63) is 77.7 Å². The van der Waals surface area contributed by atoms with Gasteiger partial charge < -0.3 is 0 Å². The van der Waals surface area contributed by atoms with Crippen LogP contribution in [0.5, 0.6) is 0 Å². The number of fused-ring (bicyclic) bond motifs is 2. The van der Waals surface area contributed by atoms with E-state index in [0.29, 0.717) is 4.91 Å². The average molecular weight is 345 g/mol. The Labute approximate surface area is 149 Å². The van der Waals surface area contributed by atoms with Crippen molar-refractivity contribution in [1.82, 2.24) is 4.90 Å². The first-order chi connectivity index (χ1) is 12.2. The van der Waals surface area contributed by atoms with Gasteiger partial charge in [0.2, 0.25) is 0 Å². The van der Waals surface area contributed by atoms with Gasteiger partial charge in [0, 0.05) is 6.54 Å². The summed E-state index contributed by atoms with van der Waals surface area (Å²) in [6.45, 7) is 3.84. The van der Waals surface area contributed by atoms with Crippen LogP contribution in [0.1, 0.15) is 5.56 Å². The number of benzene rings is 3. The van der Waals surface area contributed by atoms with Gasteiger partial charge >= 0.3 is 0 Å². The Morgan fingerprint density at radius 2 is 1.56 bits per heavy atom. The van der Waals surface area contributed by atoms with Crippen LogP contribution >= 0.6 is 11.8 Å². The summed E-state index contributed by atoms with van der Waals surface area (Å²) in [5.74, 6) is -0.257. The van der Waals surface area contributed by atoms with Crippen molar-refractivity contribution in [2.45, 2.75) is 0 Å². The van der Waals surface area contributed by atoms with E-state index >= 15 is 0 Å². The summed E-state index contributed by atoms with van der Waals surface area (Å²) in [7, 11) is 0. The molecule has 1 aliphatic heterocycles. The standard InChI is InChI=1S/C21H15NO2S/c1-2-11-22-20(23)19(25-21(22)24)13-18-16-9-5-3-7-14(16)12-15-8-4-6-10-17(15)18/h2-10,12-13H,1,11H2. The Morgan fingerprint density at radius 1 is 0.960 bits per heavy atom. The average Bonchev–Trinajstić information content (AvgIpc) is 2.89. The zero-order valence-electron chi connectivity index (χ0n) is 13.4. The summed E-state index contributed by atoms with van der Waals surface area (Å²) in [6.07, 6.45) is 3.41. The van der Waals surface area contributed by atoms with Gasteiger partial charge in [-0.3, -0.25) is 14.5 Å². The summed E-state index contributed by atoms with van der Waals surface area (Å²) < 4.78 is 0. The lowest BCUT2D eigenvalue weighted by Gasteiger charge is -2.10. The molecule has 2 amide bonds. The molecule has 0 saturated carbocycles. The van der Waals surface area contributed by atoms with Gasteiger partial charge in [-0.1, -0.05) is 54.6 Å². The van der Waals surface area contributed by atoms with E-state index in [1.54, 1.807) is 6.08 Å². The number of carbonyl (C=O) groups is 2. The quantitative estimate of drug-likeness (QED) is 0.371. The van der Waals surface area contributed by atoms with Crippen LogP contribution in [0, 0.1) is 0 Å². The number of carbonyl (C=O) groups excluding carboxylic acids is 2. The highest BCUT2D eigenvalue weighted by Crippen LogP contribution is 2.36. The summed E-state index contributed by atoms with van der Waals surface area (Å²) in [5.41, 5.74) is 0.970. The highest BCUT2D eigenvalue weighted by Gasteiger charge is 2.34. The molecule has 1 aliphatic rings. The summed E-state index contributed by atoms with van der Waals surface area (Å²) in [5, 5.41) is 4.10. The van der Waals surface area contributed by atoms with Crippen LogP contribution in [-0.4, -0.2) is 22.6 Å². The third-order valence-corrected chi connectivity index (χ3v) is 5.18. The highest BCUT2D eigenvalue weighted by atomic mass is 32.2. The second-order valence-electron chi connectivity index (χ2n) is 5.81. The molecule has 4 rings (SSSR count). The second-order valence-corrected chi connectivity index (χ2v) is 6.81. The zero-order chi connectivity index (χ0) is 17.4. The number of hydrogen-bond donors (Lipinski definition) is 0. The third-order valence-electron chi connectivity index (χ3n) is 4.27. The van der Waals surface area contributed by atoms with E-state index in [0.717, 1.165) is 38.9 Å². The molecule has 3 aromatic carbocycles. The Bertz CT molecular complexity index is 1010. The van der Waals surface area contributed by atoms with Crippen molar-refractivity contribution < 1.29 is 9.59 Å².